The molecule has 2 rings (SSSR count). The van der Waals surface area contributed by atoms with Crippen LogP contribution in [0.25, 0.3) is 0 Å². The van der Waals surface area contributed by atoms with Gasteiger partial charge in [0.15, 0.2) is 0 Å². The number of nitrogens with one attached hydrogen (secondary N) is 1. The van der Waals surface area contributed by atoms with Crippen molar-refractivity contribution in [2.75, 3.05) is 12.3 Å². The zero-order chi connectivity index (χ0) is 9.10. The Kier molecular flexibility index (Phi) is 2.86. The van der Waals surface area contributed by atoms with Crippen LogP contribution in [0, 0.1) is 5.82 Å². The van der Waals surface area contributed by atoms with E-state index in [1.54, 1.807) is 12.1 Å². The molecule has 1 fully saturated rings. The van der Waals surface area contributed by atoms with E-state index in [1.807, 2.05) is 17.8 Å². The molecule has 0 aliphatic carbocycles. The summed E-state index contributed by atoms with van der Waals surface area (Å²) in [5.74, 6) is 1.01. The summed E-state index contributed by atoms with van der Waals surface area (Å²) in [7, 11) is 0. The first kappa shape index (κ1) is 9.03. The van der Waals surface area contributed by atoms with Gasteiger partial charge in [0, 0.05) is 0 Å². The van der Waals surface area contributed by atoms with E-state index in [1.165, 1.54) is 12.5 Å². The van der Waals surface area contributed by atoms with Crippen LogP contribution < -0.4 is 5.32 Å². The molecule has 70 valence electrons. The molecule has 1 N–H and O–H groups in total. The van der Waals surface area contributed by atoms with Gasteiger partial charge in [-0.25, -0.2) is 4.39 Å². The molecule has 1 atom stereocenters. The molecule has 1 aromatic carbocycles. The monoisotopic (exact) mass is 197 g/mol. The number of rotatable bonds is 1. The van der Waals surface area contributed by atoms with Crippen LogP contribution in [0.3, 0.4) is 0 Å². The molecule has 0 bridgehead atoms. The zero-order valence-corrected chi connectivity index (χ0v) is 8.11. The predicted octanol–water partition coefficient (Wildman–Crippen LogP) is 2.55. The first-order valence-corrected chi connectivity index (χ1v) is 5.51. The number of benzene rings is 1. The second-order valence-corrected chi connectivity index (χ2v) is 4.33. The van der Waals surface area contributed by atoms with E-state index in [0.29, 0.717) is 0 Å². The van der Waals surface area contributed by atoms with Crippen molar-refractivity contribution in [3.05, 3.63) is 35.6 Å². The molecule has 1 heterocycles. The Morgan fingerprint density at radius 3 is 3.08 bits per heavy atom. The summed E-state index contributed by atoms with van der Waals surface area (Å²) in [6.07, 6.45) is 1.20. The normalized spacial score (nSPS) is 23.0. The number of halogens is 1. The summed E-state index contributed by atoms with van der Waals surface area (Å²) in [5, 5.41) is 3.64. The van der Waals surface area contributed by atoms with Gasteiger partial charge < -0.3 is 5.32 Å². The van der Waals surface area contributed by atoms with Crippen LogP contribution in [0.1, 0.15) is 17.4 Å². The molecule has 0 amide bonds. The fourth-order valence-electron chi connectivity index (χ4n) is 1.45. The first-order chi connectivity index (χ1) is 6.36. The molecule has 1 aromatic rings. The van der Waals surface area contributed by atoms with Crippen LogP contribution >= 0.6 is 11.8 Å². The van der Waals surface area contributed by atoms with Crippen LogP contribution in [0.15, 0.2) is 24.3 Å². The third kappa shape index (κ3) is 2.23. The van der Waals surface area contributed by atoms with Gasteiger partial charge in [-0.3, -0.25) is 0 Å². The standard InChI is InChI=1S/C10H12FNS/c11-9-4-1-3-8(7-9)10-12-5-2-6-13-10/h1,3-4,7,10,12H,2,5-6H2. The van der Waals surface area contributed by atoms with E-state index >= 15 is 0 Å². The summed E-state index contributed by atoms with van der Waals surface area (Å²) in [6.45, 7) is 1.04. The van der Waals surface area contributed by atoms with Gasteiger partial charge in [0.05, 0.1) is 5.37 Å². The lowest BCUT2D eigenvalue weighted by Gasteiger charge is -2.23. The molecule has 0 spiro atoms. The predicted molar refractivity (Wildman–Crippen MR) is 54.2 cm³/mol. The van der Waals surface area contributed by atoms with E-state index in [-0.39, 0.29) is 11.2 Å². The Morgan fingerprint density at radius 2 is 2.38 bits per heavy atom. The van der Waals surface area contributed by atoms with Crippen molar-refractivity contribution in [2.24, 2.45) is 0 Å². The van der Waals surface area contributed by atoms with Gasteiger partial charge in [0.1, 0.15) is 5.82 Å². The minimum Gasteiger partial charge on any atom is -0.302 e. The van der Waals surface area contributed by atoms with E-state index < -0.39 is 0 Å². The Balaban J connectivity index is 2.14. The minimum absolute atomic E-state index is 0.148. The summed E-state index contributed by atoms with van der Waals surface area (Å²) in [5.41, 5.74) is 1.05. The summed E-state index contributed by atoms with van der Waals surface area (Å²) in [4.78, 5) is 0. The van der Waals surface area contributed by atoms with Crippen molar-refractivity contribution in [3.63, 3.8) is 0 Å². The third-order valence-electron chi connectivity index (χ3n) is 2.09. The lowest BCUT2D eigenvalue weighted by atomic mass is 10.2. The Hall–Kier alpha value is -0.540. The van der Waals surface area contributed by atoms with Gasteiger partial charge in [0.2, 0.25) is 0 Å². The van der Waals surface area contributed by atoms with Crippen molar-refractivity contribution in [1.82, 2.24) is 5.32 Å². The van der Waals surface area contributed by atoms with Crippen LogP contribution in [-0.4, -0.2) is 12.3 Å². The average Bonchev–Trinajstić information content (AvgIpc) is 2.19. The smallest absolute Gasteiger partial charge is 0.123 e. The Labute approximate surface area is 81.7 Å². The second-order valence-electron chi connectivity index (χ2n) is 3.11. The quantitative estimate of drug-likeness (QED) is 0.742. The van der Waals surface area contributed by atoms with E-state index in [0.717, 1.165) is 17.9 Å². The molecule has 0 saturated carbocycles. The van der Waals surface area contributed by atoms with Crippen molar-refractivity contribution in [2.45, 2.75) is 11.8 Å². The highest BCUT2D eigenvalue weighted by Crippen LogP contribution is 2.29. The first-order valence-electron chi connectivity index (χ1n) is 4.47. The maximum absolute atomic E-state index is 12.9. The number of hydrogen-bond donors (Lipinski definition) is 1. The summed E-state index contributed by atoms with van der Waals surface area (Å²) < 4.78 is 12.9. The Bertz CT molecular complexity index is 284. The van der Waals surface area contributed by atoms with Gasteiger partial charge in [0.25, 0.3) is 0 Å². The number of hydrogen-bond acceptors (Lipinski definition) is 2. The fourth-order valence-corrected chi connectivity index (χ4v) is 2.57. The topological polar surface area (TPSA) is 12.0 Å². The third-order valence-corrected chi connectivity index (χ3v) is 3.38. The number of thioether (sulfide) groups is 1. The van der Waals surface area contributed by atoms with E-state index in [2.05, 4.69) is 5.32 Å². The second kappa shape index (κ2) is 4.11. The fraction of sp³-hybridized carbons (Fsp3) is 0.400. The zero-order valence-electron chi connectivity index (χ0n) is 7.29. The lowest BCUT2D eigenvalue weighted by Crippen LogP contribution is -2.25. The summed E-state index contributed by atoms with van der Waals surface area (Å²) in [6, 6.07) is 6.83. The van der Waals surface area contributed by atoms with Crippen LogP contribution in [0.2, 0.25) is 0 Å². The highest BCUT2D eigenvalue weighted by Gasteiger charge is 2.14. The summed E-state index contributed by atoms with van der Waals surface area (Å²) >= 11 is 1.85. The van der Waals surface area contributed by atoms with Crippen molar-refractivity contribution in [1.29, 1.82) is 0 Å². The molecule has 1 saturated heterocycles. The molecule has 0 aromatic heterocycles. The van der Waals surface area contributed by atoms with E-state index in [9.17, 15) is 4.39 Å². The van der Waals surface area contributed by atoms with Crippen LogP contribution in [0.5, 0.6) is 0 Å². The van der Waals surface area contributed by atoms with Crippen LogP contribution in [-0.2, 0) is 0 Å². The van der Waals surface area contributed by atoms with E-state index in [4.69, 9.17) is 0 Å². The van der Waals surface area contributed by atoms with Crippen molar-refractivity contribution in [3.8, 4) is 0 Å². The Morgan fingerprint density at radius 1 is 1.46 bits per heavy atom. The maximum atomic E-state index is 12.9. The van der Waals surface area contributed by atoms with Gasteiger partial charge in [-0.2, -0.15) is 0 Å². The molecule has 3 heteroatoms. The van der Waals surface area contributed by atoms with Gasteiger partial charge in [-0.15, -0.1) is 11.8 Å². The largest absolute Gasteiger partial charge is 0.302 e. The molecule has 13 heavy (non-hydrogen) atoms. The van der Waals surface area contributed by atoms with Gasteiger partial charge in [-0.05, 0) is 36.4 Å². The molecular weight excluding hydrogens is 185 g/mol. The van der Waals surface area contributed by atoms with Crippen LogP contribution in [0.4, 0.5) is 4.39 Å². The molecule has 1 aliphatic rings. The molecule has 1 aliphatic heterocycles. The highest BCUT2D eigenvalue weighted by atomic mass is 32.2. The minimum atomic E-state index is -0.148. The average molecular weight is 197 g/mol. The highest BCUT2D eigenvalue weighted by molar-refractivity contribution is 7.99. The van der Waals surface area contributed by atoms with Crippen molar-refractivity contribution >= 4 is 11.8 Å². The van der Waals surface area contributed by atoms with Crippen molar-refractivity contribution < 1.29 is 4.39 Å². The van der Waals surface area contributed by atoms with Gasteiger partial charge >= 0.3 is 0 Å². The lowest BCUT2D eigenvalue weighted by molar-refractivity contribution is 0.612. The SMILES string of the molecule is Fc1cccc(C2NCCCS2)c1. The molecule has 1 nitrogen and oxygen atoms in total. The van der Waals surface area contributed by atoms with Gasteiger partial charge in [-0.1, -0.05) is 12.1 Å². The molecule has 0 radical (unpaired) electrons. The molecule has 1 unspecified atom stereocenters. The molecular formula is C10H12FNS. The maximum Gasteiger partial charge on any atom is 0.123 e.